The Morgan fingerprint density at radius 1 is 0.963 bits per heavy atom. The van der Waals surface area contributed by atoms with Gasteiger partial charge in [-0.1, -0.05) is 35.4 Å². The highest BCUT2D eigenvalue weighted by Gasteiger charge is 2.18. The molecule has 0 bridgehead atoms. The second-order valence-corrected chi connectivity index (χ2v) is 7.33. The lowest BCUT2D eigenvalue weighted by Gasteiger charge is -2.11. The van der Waals surface area contributed by atoms with Crippen molar-refractivity contribution < 1.29 is 0 Å². The fraction of sp³-hybridized carbons (Fsp3) is 0.182. The third kappa shape index (κ3) is 3.06. The third-order valence-electron chi connectivity index (χ3n) is 4.99. The number of hydrogen-bond donors (Lipinski definition) is 1. The number of aromatic nitrogens is 3. The fourth-order valence-corrected chi connectivity index (χ4v) is 3.69. The SMILES string of the molecule is Cc1ccc(Nc2ncnc3c2c(C)c(C)n3-c2cccc(Cl)c2)c(C)c1. The number of hydrogen-bond acceptors (Lipinski definition) is 3. The summed E-state index contributed by atoms with van der Waals surface area (Å²) in [5.41, 5.74) is 7.61. The quantitative estimate of drug-likeness (QED) is 0.473. The lowest BCUT2D eigenvalue weighted by atomic mass is 10.1. The van der Waals surface area contributed by atoms with Crippen molar-refractivity contribution in [3.63, 3.8) is 0 Å². The number of rotatable bonds is 3. The Hall–Kier alpha value is -2.85. The van der Waals surface area contributed by atoms with E-state index in [4.69, 9.17) is 11.6 Å². The van der Waals surface area contributed by atoms with Gasteiger partial charge in [-0.15, -0.1) is 0 Å². The topological polar surface area (TPSA) is 42.7 Å². The molecule has 0 aliphatic heterocycles. The Morgan fingerprint density at radius 2 is 1.78 bits per heavy atom. The van der Waals surface area contributed by atoms with Gasteiger partial charge in [0.1, 0.15) is 12.1 Å². The first kappa shape index (κ1) is 17.6. The molecule has 0 saturated carbocycles. The van der Waals surface area contributed by atoms with Gasteiger partial charge in [0.2, 0.25) is 0 Å². The highest BCUT2D eigenvalue weighted by molar-refractivity contribution is 6.30. The summed E-state index contributed by atoms with van der Waals surface area (Å²) in [6.45, 7) is 8.40. The minimum atomic E-state index is 0.703. The predicted octanol–water partition coefficient (Wildman–Crippen LogP) is 6.05. The molecular weight excluding hydrogens is 356 g/mol. The van der Waals surface area contributed by atoms with E-state index in [-0.39, 0.29) is 0 Å². The Morgan fingerprint density at radius 3 is 2.52 bits per heavy atom. The summed E-state index contributed by atoms with van der Waals surface area (Å²) in [6, 6.07) is 14.2. The average Bonchev–Trinajstić information content (AvgIpc) is 2.89. The molecule has 4 aromatic rings. The van der Waals surface area contributed by atoms with Crippen LogP contribution >= 0.6 is 11.6 Å². The molecule has 2 aromatic carbocycles. The van der Waals surface area contributed by atoms with Crippen LogP contribution in [0.25, 0.3) is 16.7 Å². The highest BCUT2D eigenvalue weighted by atomic mass is 35.5. The molecule has 4 rings (SSSR count). The number of nitrogens with zero attached hydrogens (tertiary/aromatic N) is 3. The van der Waals surface area contributed by atoms with Crippen molar-refractivity contribution in [2.45, 2.75) is 27.7 Å². The van der Waals surface area contributed by atoms with Crippen LogP contribution in [0.3, 0.4) is 0 Å². The number of aryl methyl sites for hydroxylation is 3. The Labute approximate surface area is 163 Å². The van der Waals surface area contributed by atoms with Crippen LogP contribution < -0.4 is 5.32 Å². The summed E-state index contributed by atoms with van der Waals surface area (Å²) in [4.78, 5) is 9.11. The van der Waals surface area contributed by atoms with E-state index in [1.165, 1.54) is 11.1 Å². The first-order valence-electron chi connectivity index (χ1n) is 8.88. The molecule has 0 fully saturated rings. The van der Waals surface area contributed by atoms with E-state index in [0.717, 1.165) is 39.5 Å². The summed E-state index contributed by atoms with van der Waals surface area (Å²) in [7, 11) is 0. The zero-order valence-electron chi connectivity index (χ0n) is 15.8. The molecule has 1 N–H and O–H groups in total. The van der Waals surface area contributed by atoms with Gasteiger partial charge in [0.25, 0.3) is 0 Å². The van der Waals surface area contributed by atoms with Crippen LogP contribution in [0.1, 0.15) is 22.4 Å². The molecule has 0 amide bonds. The van der Waals surface area contributed by atoms with E-state index in [0.29, 0.717) is 5.02 Å². The first-order valence-corrected chi connectivity index (χ1v) is 9.26. The van der Waals surface area contributed by atoms with Crippen LogP contribution in [-0.2, 0) is 0 Å². The molecule has 27 heavy (non-hydrogen) atoms. The Kier molecular flexibility index (Phi) is 4.36. The lowest BCUT2D eigenvalue weighted by Crippen LogP contribution is -2.00. The zero-order chi connectivity index (χ0) is 19.1. The summed E-state index contributed by atoms with van der Waals surface area (Å²) in [6.07, 6.45) is 1.61. The molecule has 0 aliphatic rings. The predicted molar refractivity (Wildman–Crippen MR) is 113 cm³/mol. The minimum absolute atomic E-state index is 0.703. The molecule has 2 heterocycles. The van der Waals surface area contributed by atoms with Crippen molar-refractivity contribution in [3.8, 4) is 5.69 Å². The zero-order valence-corrected chi connectivity index (χ0v) is 16.6. The van der Waals surface area contributed by atoms with Crippen molar-refractivity contribution in [1.82, 2.24) is 14.5 Å². The summed E-state index contributed by atoms with van der Waals surface area (Å²) in [5.74, 6) is 0.813. The molecule has 0 unspecified atom stereocenters. The van der Waals surface area contributed by atoms with Crippen molar-refractivity contribution in [3.05, 3.63) is 76.2 Å². The molecule has 0 aliphatic carbocycles. The van der Waals surface area contributed by atoms with Crippen LogP contribution in [0.5, 0.6) is 0 Å². The number of benzene rings is 2. The molecular formula is C22H21ClN4. The Balaban J connectivity index is 1.90. The maximum Gasteiger partial charge on any atom is 0.150 e. The molecule has 5 heteroatoms. The van der Waals surface area contributed by atoms with Crippen LogP contribution in [0.4, 0.5) is 11.5 Å². The van der Waals surface area contributed by atoms with Gasteiger partial charge in [0.05, 0.1) is 5.39 Å². The van der Waals surface area contributed by atoms with Crippen molar-refractivity contribution in [2.24, 2.45) is 0 Å². The molecule has 4 nitrogen and oxygen atoms in total. The van der Waals surface area contributed by atoms with E-state index in [1.807, 2.05) is 24.3 Å². The van der Waals surface area contributed by atoms with Crippen molar-refractivity contribution in [2.75, 3.05) is 5.32 Å². The maximum atomic E-state index is 6.22. The highest BCUT2D eigenvalue weighted by Crippen LogP contribution is 2.33. The molecule has 136 valence electrons. The monoisotopic (exact) mass is 376 g/mol. The normalized spacial score (nSPS) is 11.1. The van der Waals surface area contributed by atoms with E-state index < -0.39 is 0 Å². The second kappa shape index (κ2) is 6.71. The average molecular weight is 377 g/mol. The van der Waals surface area contributed by atoms with Gasteiger partial charge in [-0.25, -0.2) is 9.97 Å². The van der Waals surface area contributed by atoms with Gasteiger partial charge in [-0.2, -0.15) is 0 Å². The lowest BCUT2D eigenvalue weighted by molar-refractivity contribution is 1.01. The van der Waals surface area contributed by atoms with E-state index in [1.54, 1.807) is 6.33 Å². The molecule has 0 saturated heterocycles. The van der Waals surface area contributed by atoms with E-state index >= 15 is 0 Å². The van der Waals surface area contributed by atoms with Gasteiger partial charge in [0, 0.05) is 22.1 Å². The standard InChI is InChI=1S/C22H21ClN4/c1-13-8-9-19(14(2)10-13)26-21-20-15(3)16(4)27(22(20)25-12-24-21)18-7-5-6-17(23)11-18/h5-12H,1-4H3,(H,24,25,26). The summed E-state index contributed by atoms with van der Waals surface area (Å²) in [5, 5.41) is 5.22. The van der Waals surface area contributed by atoms with Crippen LogP contribution in [-0.4, -0.2) is 14.5 Å². The largest absolute Gasteiger partial charge is 0.339 e. The van der Waals surface area contributed by atoms with Gasteiger partial charge >= 0.3 is 0 Å². The maximum absolute atomic E-state index is 6.22. The second-order valence-electron chi connectivity index (χ2n) is 6.89. The summed E-state index contributed by atoms with van der Waals surface area (Å²) >= 11 is 6.22. The molecule has 0 radical (unpaired) electrons. The Bertz CT molecular complexity index is 1160. The van der Waals surface area contributed by atoms with Crippen molar-refractivity contribution in [1.29, 1.82) is 0 Å². The molecule has 0 spiro atoms. The van der Waals surface area contributed by atoms with Crippen LogP contribution in [0.2, 0.25) is 5.02 Å². The van der Waals surface area contributed by atoms with E-state index in [2.05, 4.69) is 65.7 Å². The number of nitrogens with one attached hydrogen (secondary N) is 1. The minimum Gasteiger partial charge on any atom is -0.339 e. The first-order chi connectivity index (χ1) is 13.0. The third-order valence-corrected chi connectivity index (χ3v) is 5.23. The van der Waals surface area contributed by atoms with Gasteiger partial charge in [-0.3, -0.25) is 4.57 Å². The smallest absolute Gasteiger partial charge is 0.150 e. The number of anilines is 2. The number of fused-ring (bicyclic) bond motifs is 1. The van der Waals surface area contributed by atoms with Gasteiger partial charge in [-0.05, 0) is 63.1 Å². The van der Waals surface area contributed by atoms with Crippen molar-refractivity contribution >= 4 is 34.1 Å². The molecule has 0 atom stereocenters. The van der Waals surface area contributed by atoms with Gasteiger partial charge < -0.3 is 5.32 Å². The fourth-order valence-electron chi connectivity index (χ4n) is 3.51. The van der Waals surface area contributed by atoms with E-state index in [9.17, 15) is 0 Å². The summed E-state index contributed by atoms with van der Waals surface area (Å²) < 4.78 is 2.13. The molecule has 2 aromatic heterocycles. The van der Waals surface area contributed by atoms with Crippen LogP contribution in [0.15, 0.2) is 48.8 Å². The van der Waals surface area contributed by atoms with Gasteiger partial charge in [0.15, 0.2) is 5.65 Å². The number of halogens is 1. The van der Waals surface area contributed by atoms with Crippen LogP contribution in [0, 0.1) is 27.7 Å².